The molecule has 0 radical (unpaired) electrons. The lowest BCUT2D eigenvalue weighted by atomic mass is 9.99. The van der Waals surface area contributed by atoms with E-state index in [0.29, 0.717) is 6.04 Å². The Morgan fingerprint density at radius 1 is 1.08 bits per heavy atom. The number of amides is 1. The number of hydrogen-bond acceptors (Lipinski definition) is 4. The maximum Gasteiger partial charge on any atom is 0.217 e. The molecule has 2 saturated heterocycles. The summed E-state index contributed by atoms with van der Waals surface area (Å²) in [6.45, 7) is 12.6. The highest BCUT2D eigenvalue weighted by Gasteiger charge is 2.20. The first-order chi connectivity index (χ1) is 12.1. The third-order valence-electron chi connectivity index (χ3n) is 5.55. The monoisotopic (exact) mass is 344 g/mol. The smallest absolute Gasteiger partial charge is 0.217 e. The quantitative estimate of drug-likeness (QED) is 0.850. The van der Waals surface area contributed by atoms with Gasteiger partial charge >= 0.3 is 0 Å². The fourth-order valence-corrected chi connectivity index (χ4v) is 3.95. The lowest BCUT2D eigenvalue weighted by Crippen LogP contribution is -2.43. The van der Waals surface area contributed by atoms with Crippen LogP contribution in [0.5, 0.6) is 0 Å². The van der Waals surface area contributed by atoms with Crippen molar-refractivity contribution in [1.82, 2.24) is 20.4 Å². The number of carbonyl (C=O) groups is 1. The minimum Gasteiger partial charge on any atom is -0.354 e. The Bertz CT molecular complexity index is 575. The van der Waals surface area contributed by atoms with E-state index in [1.165, 1.54) is 16.7 Å². The number of benzene rings is 1. The molecule has 1 aromatic carbocycles. The van der Waals surface area contributed by atoms with Crippen molar-refractivity contribution in [2.45, 2.75) is 45.8 Å². The van der Waals surface area contributed by atoms with E-state index in [9.17, 15) is 4.79 Å². The van der Waals surface area contributed by atoms with Gasteiger partial charge in [-0.25, -0.2) is 0 Å². The van der Waals surface area contributed by atoms with E-state index in [4.69, 9.17) is 0 Å². The summed E-state index contributed by atoms with van der Waals surface area (Å²) in [6, 6.07) is 7.12. The summed E-state index contributed by atoms with van der Waals surface area (Å²) in [6.07, 6.45) is 2.11. The molecule has 2 fully saturated rings. The van der Waals surface area contributed by atoms with Crippen LogP contribution in [0.2, 0.25) is 0 Å². The van der Waals surface area contributed by atoms with Gasteiger partial charge in [-0.05, 0) is 36.5 Å². The van der Waals surface area contributed by atoms with Crippen molar-refractivity contribution in [2.24, 2.45) is 0 Å². The Balaban J connectivity index is 1.56. The summed E-state index contributed by atoms with van der Waals surface area (Å²) in [5.41, 5.74) is 4.36. The van der Waals surface area contributed by atoms with Crippen LogP contribution >= 0.6 is 0 Å². The van der Waals surface area contributed by atoms with Crippen LogP contribution in [-0.4, -0.2) is 61.0 Å². The van der Waals surface area contributed by atoms with Crippen LogP contribution in [-0.2, 0) is 17.9 Å². The Hall–Kier alpha value is -1.43. The zero-order valence-electron chi connectivity index (χ0n) is 15.7. The van der Waals surface area contributed by atoms with Gasteiger partial charge in [0.25, 0.3) is 0 Å². The summed E-state index contributed by atoms with van der Waals surface area (Å²) >= 11 is 0. The Labute approximate surface area is 151 Å². The summed E-state index contributed by atoms with van der Waals surface area (Å²) in [4.78, 5) is 16.3. The SMILES string of the molecule is CC(=O)NC1CCN(Cc2cccc(CN3CCNCC3)c2C)CC1. The second-order valence-electron chi connectivity index (χ2n) is 7.48. The molecule has 1 amide bonds. The third kappa shape index (κ3) is 5.27. The van der Waals surface area contributed by atoms with Gasteiger partial charge in [-0.2, -0.15) is 0 Å². The van der Waals surface area contributed by atoms with Crippen molar-refractivity contribution in [3.63, 3.8) is 0 Å². The molecule has 0 saturated carbocycles. The summed E-state index contributed by atoms with van der Waals surface area (Å²) in [7, 11) is 0. The number of hydrogen-bond donors (Lipinski definition) is 2. The molecule has 2 N–H and O–H groups in total. The first-order valence-corrected chi connectivity index (χ1v) is 9.61. The minimum absolute atomic E-state index is 0.0925. The molecule has 0 aromatic heterocycles. The highest BCUT2D eigenvalue weighted by molar-refractivity contribution is 5.73. The van der Waals surface area contributed by atoms with Crippen LogP contribution in [0.3, 0.4) is 0 Å². The number of likely N-dealkylation sites (tertiary alicyclic amines) is 1. The van der Waals surface area contributed by atoms with Gasteiger partial charge in [-0.1, -0.05) is 18.2 Å². The van der Waals surface area contributed by atoms with E-state index in [1.807, 2.05) is 0 Å². The zero-order chi connectivity index (χ0) is 17.6. The summed E-state index contributed by atoms with van der Waals surface area (Å²) < 4.78 is 0. The van der Waals surface area contributed by atoms with Gasteiger partial charge in [-0.3, -0.25) is 14.6 Å². The molecule has 0 bridgehead atoms. The minimum atomic E-state index is 0.0925. The van der Waals surface area contributed by atoms with E-state index in [1.54, 1.807) is 6.92 Å². The highest BCUT2D eigenvalue weighted by atomic mass is 16.1. The van der Waals surface area contributed by atoms with Crippen LogP contribution in [0.4, 0.5) is 0 Å². The number of nitrogens with one attached hydrogen (secondary N) is 2. The number of piperidine rings is 1. The molecule has 0 spiro atoms. The van der Waals surface area contributed by atoms with Crippen LogP contribution in [0, 0.1) is 6.92 Å². The second kappa shape index (κ2) is 8.79. The van der Waals surface area contributed by atoms with Crippen LogP contribution < -0.4 is 10.6 Å². The molecule has 2 aliphatic rings. The standard InChI is InChI=1S/C20H32N4O/c1-16-18(14-23-10-6-20(7-11-23)22-17(2)25)4-3-5-19(16)15-24-12-8-21-9-13-24/h3-5,20-21H,6-15H2,1-2H3,(H,22,25). The molecule has 138 valence electrons. The molecular weight excluding hydrogens is 312 g/mol. The molecule has 5 nitrogen and oxygen atoms in total. The van der Waals surface area contributed by atoms with E-state index >= 15 is 0 Å². The van der Waals surface area contributed by atoms with Crippen molar-refractivity contribution in [1.29, 1.82) is 0 Å². The van der Waals surface area contributed by atoms with E-state index in [2.05, 4.69) is 45.6 Å². The van der Waals surface area contributed by atoms with Crippen molar-refractivity contribution >= 4 is 5.91 Å². The number of nitrogens with zero attached hydrogens (tertiary/aromatic N) is 2. The fraction of sp³-hybridized carbons (Fsp3) is 0.650. The van der Waals surface area contributed by atoms with Gasteiger partial charge in [0.05, 0.1) is 0 Å². The molecule has 2 heterocycles. The van der Waals surface area contributed by atoms with E-state index < -0.39 is 0 Å². The van der Waals surface area contributed by atoms with Crippen LogP contribution in [0.1, 0.15) is 36.5 Å². The topological polar surface area (TPSA) is 47.6 Å². The van der Waals surface area contributed by atoms with E-state index in [0.717, 1.165) is 65.2 Å². The largest absolute Gasteiger partial charge is 0.354 e. The van der Waals surface area contributed by atoms with Gasteiger partial charge in [0.15, 0.2) is 0 Å². The maximum atomic E-state index is 11.2. The maximum absolute atomic E-state index is 11.2. The summed E-state index contributed by atoms with van der Waals surface area (Å²) in [5.74, 6) is 0.0925. The van der Waals surface area contributed by atoms with Crippen molar-refractivity contribution < 1.29 is 4.79 Å². The lowest BCUT2D eigenvalue weighted by Gasteiger charge is -2.33. The Morgan fingerprint density at radius 2 is 1.64 bits per heavy atom. The zero-order valence-corrected chi connectivity index (χ0v) is 15.7. The Morgan fingerprint density at radius 3 is 2.20 bits per heavy atom. The van der Waals surface area contributed by atoms with Gasteiger partial charge < -0.3 is 10.6 Å². The number of rotatable bonds is 5. The molecule has 1 aromatic rings. The third-order valence-corrected chi connectivity index (χ3v) is 5.55. The normalized spacial score (nSPS) is 20.6. The average Bonchev–Trinajstić information content (AvgIpc) is 2.60. The van der Waals surface area contributed by atoms with Gasteiger partial charge in [-0.15, -0.1) is 0 Å². The number of carbonyl (C=O) groups excluding carboxylic acids is 1. The Kier molecular flexibility index (Phi) is 6.45. The average molecular weight is 345 g/mol. The molecule has 25 heavy (non-hydrogen) atoms. The first-order valence-electron chi connectivity index (χ1n) is 9.61. The van der Waals surface area contributed by atoms with Crippen LogP contribution in [0.15, 0.2) is 18.2 Å². The second-order valence-corrected chi connectivity index (χ2v) is 7.48. The molecular formula is C20H32N4O. The molecule has 5 heteroatoms. The lowest BCUT2D eigenvalue weighted by molar-refractivity contribution is -0.119. The van der Waals surface area contributed by atoms with Crippen molar-refractivity contribution in [3.05, 3.63) is 34.9 Å². The predicted molar refractivity (Wildman–Crippen MR) is 101 cm³/mol. The summed E-state index contributed by atoms with van der Waals surface area (Å²) in [5, 5.41) is 6.48. The molecule has 3 rings (SSSR count). The van der Waals surface area contributed by atoms with Crippen LogP contribution in [0.25, 0.3) is 0 Å². The van der Waals surface area contributed by atoms with Crippen molar-refractivity contribution in [3.8, 4) is 0 Å². The van der Waals surface area contributed by atoms with Gasteiger partial charge in [0.2, 0.25) is 5.91 Å². The molecule has 2 aliphatic heterocycles. The fourth-order valence-electron chi connectivity index (χ4n) is 3.95. The van der Waals surface area contributed by atoms with E-state index in [-0.39, 0.29) is 5.91 Å². The highest BCUT2D eigenvalue weighted by Crippen LogP contribution is 2.20. The molecule has 0 atom stereocenters. The van der Waals surface area contributed by atoms with Crippen molar-refractivity contribution in [2.75, 3.05) is 39.3 Å². The first kappa shape index (κ1) is 18.4. The molecule has 0 unspecified atom stereocenters. The molecule has 0 aliphatic carbocycles. The number of piperazine rings is 1. The van der Waals surface area contributed by atoms with Gasteiger partial charge in [0.1, 0.15) is 0 Å². The van der Waals surface area contributed by atoms with Gasteiger partial charge in [0, 0.05) is 65.3 Å². The predicted octanol–water partition coefficient (Wildman–Crippen LogP) is 1.50.